The number of hydrogen-bond donors (Lipinski definition) is 1. The van der Waals surface area contributed by atoms with E-state index in [1.54, 1.807) is 0 Å². The molecule has 0 fully saturated rings. The first kappa shape index (κ1) is 14.1. The van der Waals surface area contributed by atoms with Crippen molar-refractivity contribution in [2.24, 2.45) is 0 Å². The number of aryl methyl sites for hydroxylation is 1. The van der Waals surface area contributed by atoms with Crippen LogP contribution >= 0.6 is 11.6 Å². The summed E-state index contributed by atoms with van der Waals surface area (Å²) in [7, 11) is 0. The summed E-state index contributed by atoms with van der Waals surface area (Å²) in [5, 5.41) is 5.33. The first-order valence-corrected chi connectivity index (χ1v) is 7.06. The molecule has 2 nitrogen and oxygen atoms in total. The molecular formula is C16H21ClN2. The van der Waals surface area contributed by atoms with Crippen LogP contribution in [0.5, 0.6) is 0 Å². The number of aromatic nitrogens is 1. The molecular weight excluding hydrogens is 256 g/mol. The first-order valence-electron chi connectivity index (χ1n) is 6.68. The molecule has 0 bridgehead atoms. The number of benzene rings is 1. The third-order valence-corrected chi connectivity index (χ3v) is 3.71. The van der Waals surface area contributed by atoms with Crippen molar-refractivity contribution in [3.63, 3.8) is 0 Å². The van der Waals surface area contributed by atoms with Gasteiger partial charge in [-0.25, -0.2) is 0 Å². The molecule has 0 atom stereocenters. The van der Waals surface area contributed by atoms with E-state index in [0.29, 0.717) is 0 Å². The van der Waals surface area contributed by atoms with Gasteiger partial charge in [-0.05, 0) is 37.6 Å². The Morgan fingerprint density at radius 3 is 2.53 bits per heavy atom. The average molecular weight is 277 g/mol. The molecule has 2 aromatic rings. The van der Waals surface area contributed by atoms with Gasteiger partial charge >= 0.3 is 0 Å². The Hall–Kier alpha value is -1.28. The van der Waals surface area contributed by atoms with Gasteiger partial charge in [-0.2, -0.15) is 0 Å². The Labute approximate surface area is 120 Å². The minimum atomic E-state index is 0.0210. The second-order valence-electron chi connectivity index (χ2n) is 5.90. The predicted molar refractivity (Wildman–Crippen MR) is 84.4 cm³/mol. The normalized spacial score (nSPS) is 11.9. The monoisotopic (exact) mass is 276 g/mol. The second-order valence-corrected chi connectivity index (χ2v) is 6.31. The zero-order valence-corrected chi connectivity index (χ0v) is 13.0. The molecule has 1 aromatic carbocycles. The maximum absolute atomic E-state index is 6.22. The molecule has 1 N–H and O–H groups in total. The molecule has 1 heterocycles. The Bertz CT molecular complexity index is 612. The van der Waals surface area contributed by atoms with Gasteiger partial charge in [-0.1, -0.05) is 32.4 Å². The van der Waals surface area contributed by atoms with Crippen LogP contribution in [0.4, 0.5) is 5.69 Å². The highest BCUT2D eigenvalue weighted by Gasteiger charge is 2.18. The molecule has 0 aliphatic carbocycles. The van der Waals surface area contributed by atoms with Gasteiger partial charge in [0, 0.05) is 33.7 Å². The van der Waals surface area contributed by atoms with E-state index < -0.39 is 0 Å². The number of hydrogen-bond acceptors (Lipinski definition) is 2. The van der Waals surface area contributed by atoms with Crippen molar-refractivity contribution >= 4 is 28.2 Å². The number of rotatable bonds is 2. The molecule has 0 aliphatic heterocycles. The Morgan fingerprint density at radius 1 is 1.26 bits per heavy atom. The Kier molecular flexibility index (Phi) is 3.73. The maximum Gasteiger partial charge on any atom is 0.0770 e. The topological polar surface area (TPSA) is 24.9 Å². The maximum atomic E-state index is 6.22. The number of halogens is 1. The van der Waals surface area contributed by atoms with Crippen LogP contribution < -0.4 is 5.32 Å². The SMILES string of the molecule is CCNc1cc(C(C)(C)C)nc2c(C)c(Cl)ccc12. The molecule has 0 aliphatic rings. The van der Waals surface area contributed by atoms with Crippen LogP contribution in [0.15, 0.2) is 18.2 Å². The summed E-state index contributed by atoms with van der Waals surface area (Å²) < 4.78 is 0. The van der Waals surface area contributed by atoms with Crippen LogP contribution in [0.1, 0.15) is 39.0 Å². The van der Waals surface area contributed by atoms with Gasteiger partial charge in [-0.3, -0.25) is 4.98 Å². The standard InChI is InChI=1S/C16H21ClN2/c1-6-18-13-9-14(16(3,4)5)19-15-10(2)12(17)8-7-11(13)15/h7-9H,6H2,1-5H3,(H,18,19). The summed E-state index contributed by atoms with van der Waals surface area (Å²) in [5.74, 6) is 0. The minimum Gasteiger partial charge on any atom is -0.385 e. The Balaban J connectivity index is 2.80. The van der Waals surface area contributed by atoms with E-state index in [9.17, 15) is 0 Å². The summed E-state index contributed by atoms with van der Waals surface area (Å²) in [6.45, 7) is 11.6. The zero-order chi connectivity index (χ0) is 14.2. The van der Waals surface area contributed by atoms with E-state index in [1.165, 1.54) is 0 Å². The lowest BCUT2D eigenvalue weighted by molar-refractivity contribution is 0.571. The van der Waals surface area contributed by atoms with Crippen LogP contribution in [0, 0.1) is 6.92 Å². The molecule has 19 heavy (non-hydrogen) atoms. The van der Waals surface area contributed by atoms with Crippen molar-refractivity contribution in [1.29, 1.82) is 0 Å². The fraction of sp³-hybridized carbons (Fsp3) is 0.438. The second kappa shape index (κ2) is 5.01. The summed E-state index contributed by atoms with van der Waals surface area (Å²) in [4.78, 5) is 4.83. The summed E-state index contributed by atoms with van der Waals surface area (Å²) in [6, 6.07) is 6.14. The Morgan fingerprint density at radius 2 is 1.95 bits per heavy atom. The van der Waals surface area contributed by atoms with Crippen molar-refractivity contribution in [3.8, 4) is 0 Å². The van der Waals surface area contributed by atoms with Crippen LogP contribution in [-0.2, 0) is 5.41 Å². The molecule has 0 radical (unpaired) electrons. The molecule has 0 saturated carbocycles. The molecule has 0 unspecified atom stereocenters. The van der Waals surface area contributed by atoms with E-state index in [2.05, 4.69) is 39.1 Å². The lowest BCUT2D eigenvalue weighted by atomic mass is 9.90. The number of fused-ring (bicyclic) bond motifs is 1. The van der Waals surface area contributed by atoms with Crippen LogP contribution in [0.2, 0.25) is 5.02 Å². The highest BCUT2D eigenvalue weighted by molar-refractivity contribution is 6.32. The van der Waals surface area contributed by atoms with Gasteiger partial charge in [0.15, 0.2) is 0 Å². The van der Waals surface area contributed by atoms with Crippen molar-refractivity contribution in [2.75, 3.05) is 11.9 Å². The fourth-order valence-corrected chi connectivity index (χ4v) is 2.28. The van der Waals surface area contributed by atoms with E-state index in [4.69, 9.17) is 16.6 Å². The first-order chi connectivity index (χ1) is 8.84. The van der Waals surface area contributed by atoms with E-state index in [0.717, 1.165) is 39.4 Å². The van der Waals surface area contributed by atoms with Gasteiger partial charge in [0.2, 0.25) is 0 Å². The lowest BCUT2D eigenvalue weighted by Gasteiger charge is -2.21. The smallest absolute Gasteiger partial charge is 0.0770 e. The third kappa shape index (κ3) is 2.69. The molecule has 3 heteroatoms. The summed E-state index contributed by atoms with van der Waals surface area (Å²) in [6.07, 6.45) is 0. The van der Waals surface area contributed by atoms with Gasteiger partial charge in [0.25, 0.3) is 0 Å². The van der Waals surface area contributed by atoms with Crippen molar-refractivity contribution in [3.05, 3.63) is 34.5 Å². The zero-order valence-electron chi connectivity index (χ0n) is 12.3. The van der Waals surface area contributed by atoms with E-state index >= 15 is 0 Å². The number of nitrogens with zero attached hydrogens (tertiary/aromatic N) is 1. The van der Waals surface area contributed by atoms with Crippen molar-refractivity contribution < 1.29 is 0 Å². The van der Waals surface area contributed by atoms with Gasteiger partial charge < -0.3 is 5.32 Å². The molecule has 1 aromatic heterocycles. The molecule has 0 amide bonds. The van der Waals surface area contributed by atoms with Crippen LogP contribution in [0.25, 0.3) is 10.9 Å². The number of pyridine rings is 1. The molecule has 2 rings (SSSR count). The number of anilines is 1. The fourth-order valence-electron chi connectivity index (χ4n) is 2.13. The highest BCUT2D eigenvalue weighted by atomic mass is 35.5. The van der Waals surface area contributed by atoms with Gasteiger partial charge in [0.1, 0.15) is 0 Å². The van der Waals surface area contributed by atoms with Crippen LogP contribution in [-0.4, -0.2) is 11.5 Å². The summed E-state index contributed by atoms with van der Waals surface area (Å²) >= 11 is 6.22. The van der Waals surface area contributed by atoms with Crippen molar-refractivity contribution in [1.82, 2.24) is 4.98 Å². The minimum absolute atomic E-state index is 0.0210. The lowest BCUT2D eigenvalue weighted by Crippen LogP contribution is -2.14. The van der Waals surface area contributed by atoms with Gasteiger partial charge in [-0.15, -0.1) is 0 Å². The average Bonchev–Trinajstić information content (AvgIpc) is 2.33. The number of nitrogens with one attached hydrogen (secondary N) is 1. The molecule has 102 valence electrons. The van der Waals surface area contributed by atoms with Gasteiger partial charge in [0.05, 0.1) is 5.52 Å². The summed E-state index contributed by atoms with van der Waals surface area (Å²) in [5.41, 5.74) is 4.28. The van der Waals surface area contributed by atoms with Crippen molar-refractivity contribution in [2.45, 2.75) is 40.0 Å². The molecule has 0 saturated heterocycles. The van der Waals surface area contributed by atoms with Crippen LogP contribution in [0.3, 0.4) is 0 Å². The molecule has 0 spiro atoms. The van der Waals surface area contributed by atoms with E-state index in [-0.39, 0.29) is 5.41 Å². The largest absolute Gasteiger partial charge is 0.385 e. The quantitative estimate of drug-likeness (QED) is 0.842. The predicted octanol–water partition coefficient (Wildman–Crippen LogP) is 4.93. The van der Waals surface area contributed by atoms with E-state index in [1.807, 2.05) is 19.1 Å². The highest BCUT2D eigenvalue weighted by Crippen LogP contribution is 2.33. The third-order valence-electron chi connectivity index (χ3n) is 3.30.